The number of fused-ring (bicyclic) bond motifs is 1. The number of nitrogens with two attached hydrogens (primary N) is 1. The molecule has 0 bridgehead atoms. The van der Waals surface area contributed by atoms with Gasteiger partial charge in [-0.25, -0.2) is 4.39 Å². The molecule has 3 N–H and O–H groups in total. The molecule has 204 valence electrons. The lowest BCUT2D eigenvalue weighted by atomic mass is 9.98. The molecule has 1 atom stereocenters. The molecule has 1 unspecified atom stereocenters. The molecule has 0 aliphatic carbocycles. The number of hydrogen-bond donors (Lipinski definition) is 2. The number of methoxy groups -OCH3 is 1. The molecule has 0 aliphatic rings. The molecule has 8 nitrogen and oxygen atoms in total. The monoisotopic (exact) mass is 534 g/mol. The molecule has 0 saturated heterocycles. The van der Waals surface area contributed by atoms with Crippen molar-refractivity contribution in [2.45, 2.75) is 39.5 Å². The SMILES string of the molecule is COCC(C)OC(=O)Cc1ccc(NC(C)=O)cc1OCc1cc(-c2cccc(CN)c2F)c2occc2c1. The van der Waals surface area contributed by atoms with E-state index >= 15 is 4.39 Å². The van der Waals surface area contributed by atoms with Gasteiger partial charge in [-0.2, -0.15) is 0 Å². The Kier molecular flexibility index (Phi) is 8.96. The zero-order chi connectivity index (χ0) is 27.9. The molecule has 4 aromatic rings. The number of carbonyl (C=O) groups excluding carboxylic acids is 2. The van der Waals surface area contributed by atoms with Crippen LogP contribution < -0.4 is 15.8 Å². The molecule has 1 heterocycles. The molecule has 4 rings (SSSR count). The van der Waals surface area contributed by atoms with Gasteiger partial charge in [-0.15, -0.1) is 0 Å². The normalized spacial score (nSPS) is 11.8. The minimum Gasteiger partial charge on any atom is -0.489 e. The lowest BCUT2D eigenvalue weighted by molar-refractivity contribution is -0.149. The number of nitrogens with one attached hydrogen (secondary N) is 1. The third kappa shape index (κ3) is 6.81. The number of benzene rings is 3. The lowest BCUT2D eigenvalue weighted by Crippen LogP contribution is -2.21. The van der Waals surface area contributed by atoms with Crippen LogP contribution in [0.4, 0.5) is 10.1 Å². The maximum absolute atomic E-state index is 15.2. The molecule has 0 radical (unpaired) electrons. The van der Waals surface area contributed by atoms with E-state index in [9.17, 15) is 9.59 Å². The first-order chi connectivity index (χ1) is 18.8. The Bertz CT molecular complexity index is 1480. The minimum absolute atomic E-state index is 0.0349. The highest BCUT2D eigenvalue weighted by atomic mass is 19.1. The third-order valence-electron chi connectivity index (χ3n) is 6.05. The first kappa shape index (κ1) is 27.8. The van der Waals surface area contributed by atoms with Gasteiger partial charge >= 0.3 is 5.97 Å². The van der Waals surface area contributed by atoms with Crippen molar-refractivity contribution >= 4 is 28.5 Å². The van der Waals surface area contributed by atoms with Crippen LogP contribution in [-0.2, 0) is 38.6 Å². The van der Waals surface area contributed by atoms with E-state index in [1.165, 1.54) is 14.0 Å². The van der Waals surface area contributed by atoms with Crippen LogP contribution in [0.5, 0.6) is 5.75 Å². The number of esters is 1. The molecule has 0 aliphatic heterocycles. The fourth-order valence-electron chi connectivity index (χ4n) is 4.34. The summed E-state index contributed by atoms with van der Waals surface area (Å²) in [6, 6.07) is 15.6. The fraction of sp³-hybridized carbons (Fsp3) is 0.267. The molecule has 0 spiro atoms. The summed E-state index contributed by atoms with van der Waals surface area (Å²) in [5.41, 5.74) is 9.48. The largest absolute Gasteiger partial charge is 0.489 e. The minimum atomic E-state index is -0.436. The van der Waals surface area contributed by atoms with Gasteiger partial charge in [0.15, 0.2) is 0 Å². The Hall–Kier alpha value is -4.21. The van der Waals surface area contributed by atoms with Gasteiger partial charge in [0.25, 0.3) is 0 Å². The van der Waals surface area contributed by atoms with Crippen molar-refractivity contribution in [3.05, 3.63) is 83.4 Å². The summed E-state index contributed by atoms with van der Waals surface area (Å²) in [6.07, 6.45) is 1.12. The number of rotatable bonds is 11. The van der Waals surface area contributed by atoms with Crippen molar-refractivity contribution in [3.63, 3.8) is 0 Å². The summed E-state index contributed by atoms with van der Waals surface area (Å²) in [7, 11) is 1.53. The quantitative estimate of drug-likeness (QED) is 0.249. The van der Waals surface area contributed by atoms with Crippen LogP contribution in [0.15, 0.2) is 65.3 Å². The van der Waals surface area contributed by atoms with Crippen molar-refractivity contribution in [1.82, 2.24) is 0 Å². The number of carbonyl (C=O) groups is 2. The summed E-state index contributed by atoms with van der Waals surface area (Å²) < 4.78 is 37.5. The van der Waals surface area contributed by atoms with Crippen molar-refractivity contribution in [2.75, 3.05) is 19.0 Å². The highest BCUT2D eigenvalue weighted by Gasteiger charge is 2.17. The average molecular weight is 535 g/mol. The van der Waals surface area contributed by atoms with Crippen LogP contribution in [0.25, 0.3) is 22.1 Å². The standard InChI is InChI=1S/C30H31FN2O6/c1-18(16-36-3)39-28(35)13-21-7-8-24(33-19(2)34)14-27(21)38-17-20-11-22-9-10-37-30(22)26(12-20)25-6-4-5-23(15-32)29(25)31/h4-12,14,18H,13,15-17,32H2,1-3H3,(H,33,34). The van der Waals surface area contributed by atoms with Crippen LogP contribution in [0.2, 0.25) is 0 Å². The van der Waals surface area contributed by atoms with E-state index in [4.69, 9.17) is 24.4 Å². The van der Waals surface area contributed by atoms with Gasteiger partial charge in [0.2, 0.25) is 5.91 Å². The van der Waals surface area contributed by atoms with Crippen LogP contribution in [0, 0.1) is 5.82 Å². The van der Waals surface area contributed by atoms with Gasteiger partial charge in [0.1, 0.15) is 29.9 Å². The molecule has 0 fully saturated rings. The second-order valence-corrected chi connectivity index (χ2v) is 9.19. The highest BCUT2D eigenvalue weighted by molar-refractivity contribution is 5.93. The van der Waals surface area contributed by atoms with E-state index in [-0.39, 0.29) is 32.1 Å². The number of furan rings is 1. The molecular formula is C30H31FN2O6. The van der Waals surface area contributed by atoms with E-state index in [1.807, 2.05) is 12.1 Å². The topological polar surface area (TPSA) is 113 Å². The fourth-order valence-corrected chi connectivity index (χ4v) is 4.34. The smallest absolute Gasteiger partial charge is 0.310 e. The predicted molar refractivity (Wildman–Crippen MR) is 146 cm³/mol. The average Bonchev–Trinajstić information content (AvgIpc) is 3.37. The summed E-state index contributed by atoms with van der Waals surface area (Å²) in [5, 5.41) is 3.51. The highest BCUT2D eigenvalue weighted by Crippen LogP contribution is 2.34. The Balaban J connectivity index is 1.64. The van der Waals surface area contributed by atoms with Gasteiger partial charge in [0.05, 0.1) is 19.3 Å². The molecule has 39 heavy (non-hydrogen) atoms. The maximum atomic E-state index is 15.2. The number of hydrogen-bond acceptors (Lipinski definition) is 7. The second-order valence-electron chi connectivity index (χ2n) is 9.19. The summed E-state index contributed by atoms with van der Waals surface area (Å²) in [4.78, 5) is 24.1. The zero-order valence-electron chi connectivity index (χ0n) is 22.1. The van der Waals surface area contributed by atoms with Crippen LogP contribution in [0.3, 0.4) is 0 Å². The predicted octanol–water partition coefficient (Wildman–Crippen LogP) is 5.36. The van der Waals surface area contributed by atoms with Crippen molar-refractivity contribution < 1.29 is 32.6 Å². The number of anilines is 1. The summed E-state index contributed by atoms with van der Waals surface area (Å²) in [5.74, 6) is -0.669. The molecular weight excluding hydrogens is 503 g/mol. The van der Waals surface area contributed by atoms with E-state index < -0.39 is 17.9 Å². The Morgan fingerprint density at radius 2 is 1.90 bits per heavy atom. The molecule has 0 saturated carbocycles. The molecule has 9 heteroatoms. The lowest BCUT2D eigenvalue weighted by Gasteiger charge is -2.16. The Labute approximate surface area is 225 Å². The van der Waals surface area contributed by atoms with Crippen molar-refractivity contribution in [2.24, 2.45) is 5.73 Å². The first-order valence-corrected chi connectivity index (χ1v) is 12.5. The van der Waals surface area contributed by atoms with Gasteiger partial charge in [0, 0.05) is 60.0 Å². The van der Waals surface area contributed by atoms with Crippen LogP contribution >= 0.6 is 0 Å². The van der Waals surface area contributed by atoms with E-state index in [0.717, 1.165) is 10.9 Å². The van der Waals surface area contributed by atoms with Gasteiger partial charge < -0.3 is 29.7 Å². The molecule has 1 aromatic heterocycles. The zero-order valence-corrected chi connectivity index (χ0v) is 22.1. The van der Waals surface area contributed by atoms with Gasteiger partial charge in [-0.05, 0) is 36.8 Å². The van der Waals surface area contributed by atoms with Crippen molar-refractivity contribution in [1.29, 1.82) is 0 Å². The number of amides is 1. The second kappa shape index (κ2) is 12.6. The van der Waals surface area contributed by atoms with E-state index in [2.05, 4.69) is 5.32 Å². The van der Waals surface area contributed by atoms with Gasteiger partial charge in [-0.1, -0.05) is 24.3 Å². The third-order valence-corrected chi connectivity index (χ3v) is 6.05. The van der Waals surface area contributed by atoms with Gasteiger partial charge in [-0.3, -0.25) is 9.59 Å². The first-order valence-electron chi connectivity index (χ1n) is 12.5. The molecule has 3 aromatic carbocycles. The Morgan fingerprint density at radius 3 is 2.64 bits per heavy atom. The molecule has 1 amide bonds. The maximum Gasteiger partial charge on any atom is 0.310 e. The Morgan fingerprint density at radius 1 is 1.08 bits per heavy atom. The summed E-state index contributed by atoms with van der Waals surface area (Å²) >= 11 is 0. The number of ether oxygens (including phenoxy) is 3. The number of halogens is 1. The van der Waals surface area contributed by atoms with E-state index in [0.29, 0.717) is 39.3 Å². The van der Waals surface area contributed by atoms with Crippen LogP contribution in [-0.4, -0.2) is 31.7 Å². The van der Waals surface area contributed by atoms with Crippen LogP contribution in [0.1, 0.15) is 30.5 Å². The van der Waals surface area contributed by atoms with Crippen molar-refractivity contribution in [3.8, 4) is 16.9 Å². The van der Waals surface area contributed by atoms with E-state index in [1.54, 1.807) is 55.7 Å². The summed E-state index contributed by atoms with van der Waals surface area (Å²) in [6.45, 7) is 3.61.